The molecule has 0 saturated heterocycles. The predicted octanol–water partition coefficient (Wildman–Crippen LogP) is 1.94. The van der Waals surface area contributed by atoms with Gasteiger partial charge in [0, 0.05) is 10.9 Å². The average molecular weight is 205 g/mol. The first-order valence-corrected chi connectivity index (χ1v) is 4.19. The topological polar surface area (TPSA) is 37.3 Å². The number of halogens is 1. The van der Waals surface area contributed by atoms with E-state index in [0.29, 0.717) is 4.83 Å². The molecule has 0 aromatic rings. The molecule has 2 nitrogen and oxygen atoms in total. The number of carboxylic acid groups (broad SMARTS) is 1. The SMILES string of the molecule is O=C(O)/C=C1/CCCC1Br. The van der Waals surface area contributed by atoms with Crippen molar-refractivity contribution >= 4 is 21.9 Å². The van der Waals surface area contributed by atoms with Gasteiger partial charge in [-0.25, -0.2) is 4.79 Å². The molecule has 0 spiro atoms. The van der Waals surface area contributed by atoms with Crippen molar-refractivity contribution in [2.45, 2.75) is 24.1 Å². The summed E-state index contributed by atoms with van der Waals surface area (Å²) in [5, 5.41) is 8.39. The number of allylic oxidation sites excluding steroid dienone is 1. The van der Waals surface area contributed by atoms with Crippen LogP contribution in [0.3, 0.4) is 0 Å². The second-order valence-electron chi connectivity index (χ2n) is 2.42. The molecule has 1 saturated carbocycles. The third kappa shape index (κ3) is 1.84. The minimum absolute atomic E-state index is 0.309. The van der Waals surface area contributed by atoms with Gasteiger partial charge in [-0.15, -0.1) is 0 Å². The quantitative estimate of drug-likeness (QED) is 0.524. The summed E-state index contributed by atoms with van der Waals surface area (Å²) >= 11 is 3.40. The minimum atomic E-state index is -0.832. The third-order valence-corrected chi connectivity index (χ3v) is 2.68. The van der Waals surface area contributed by atoms with Gasteiger partial charge in [0.1, 0.15) is 0 Å². The van der Waals surface area contributed by atoms with E-state index in [1.807, 2.05) is 0 Å². The van der Waals surface area contributed by atoms with Crippen molar-refractivity contribution in [3.8, 4) is 0 Å². The average Bonchev–Trinajstić information content (AvgIpc) is 2.15. The fourth-order valence-corrected chi connectivity index (χ4v) is 1.83. The van der Waals surface area contributed by atoms with Crippen molar-refractivity contribution in [2.24, 2.45) is 0 Å². The Bertz CT molecular complexity index is 174. The molecular weight excluding hydrogens is 196 g/mol. The summed E-state index contributed by atoms with van der Waals surface area (Å²) in [5.41, 5.74) is 1.02. The lowest BCUT2D eigenvalue weighted by atomic mass is 10.2. The zero-order chi connectivity index (χ0) is 7.56. The lowest BCUT2D eigenvalue weighted by Gasteiger charge is -1.98. The highest BCUT2D eigenvalue weighted by molar-refractivity contribution is 9.09. The van der Waals surface area contributed by atoms with E-state index in [-0.39, 0.29) is 0 Å². The number of aliphatic carboxylic acids is 1. The van der Waals surface area contributed by atoms with Crippen molar-refractivity contribution in [3.05, 3.63) is 11.6 Å². The molecule has 0 radical (unpaired) electrons. The van der Waals surface area contributed by atoms with Crippen LogP contribution in [0.1, 0.15) is 19.3 Å². The molecule has 10 heavy (non-hydrogen) atoms. The molecular formula is C7H9BrO2. The van der Waals surface area contributed by atoms with E-state index in [1.165, 1.54) is 6.08 Å². The summed E-state index contributed by atoms with van der Waals surface area (Å²) in [5.74, 6) is -0.832. The molecule has 0 bridgehead atoms. The standard InChI is InChI=1S/C7H9BrO2/c8-6-3-1-2-5(6)4-7(9)10/h4,6H,1-3H2,(H,9,10)/b5-4-. The van der Waals surface area contributed by atoms with Crippen molar-refractivity contribution in [3.63, 3.8) is 0 Å². The highest BCUT2D eigenvalue weighted by Gasteiger charge is 2.18. The molecule has 56 valence electrons. The Hall–Kier alpha value is -0.310. The highest BCUT2D eigenvalue weighted by atomic mass is 79.9. The van der Waals surface area contributed by atoms with Gasteiger partial charge in [0.25, 0.3) is 0 Å². The van der Waals surface area contributed by atoms with Crippen LogP contribution in [0.2, 0.25) is 0 Å². The van der Waals surface area contributed by atoms with E-state index in [2.05, 4.69) is 15.9 Å². The smallest absolute Gasteiger partial charge is 0.328 e. The van der Waals surface area contributed by atoms with E-state index in [4.69, 9.17) is 5.11 Å². The molecule has 1 fully saturated rings. The fraction of sp³-hybridized carbons (Fsp3) is 0.571. The Morgan fingerprint density at radius 3 is 2.90 bits per heavy atom. The van der Waals surface area contributed by atoms with Crippen LogP contribution in [0.4, 0.5) is 0 Å². The fourth-order valence-electron chi connectivity index (χ4n) is 1.15. The Morgan fingerprint density at radius 2 is 2.50 bits per heavy atom. The number of carbonyl (C=O) groups is 1. The summed E-state index contributed by atoms with van der Waals surface area (Å²) in [6, 6.07) is 0. The van der Waals surface area contributed by atoms with E-state index in [9.17, 15) is 4.79 Å². The van der Waals surface area contributed by atoms with Crippen LogP contribution in [0.15, 0.2) is 11.6 Å². The van der Waals surface area contributed by atoms with Crippen LogP contribution in [-0.2, 0) is 4.79 Å². The molecule has 0 aromatic carbocycles. The normalized spacial score (nSPS) is 29.3. The lowest BCUT2D eigenvalue weighted by Crippen LogP contribution is -1.96. The zero-order valence-corrected chi connectivity index (χ0v) is 7.10. The second kappa shape index (κ2) is 3.19. The molecule has 1 N–H and O–H groups in total. The van der Waals surface area contributed by atoms with Crippen LogP contribution >= 0.6 is 15.9 Å². The number of hydrogen-bond acceptors (Lipinski definition) is 1. The van der Waals surface area contributed by atoms with Gasteiger partial charge in [-0.05, 0) is 24.8 Å². The molecule has 0 aliphatic heterocycles. The molecule has 1 atom stereocenters. The molecule has 1 aliphatic carbocycles. The second-order valence-corrected chi connectivity index (χ2v) is 3.52. The van der Waals surface area contributed by atoms with Gasteiger partial charge < -0.3 is 5.11 Å². The summed E-state index contributed by atoms with van der Waals surface area (Å²) in [6.45, 7) is 0. The van der Waals surface area contributed by atoms with Crippen LogP contribution in [0.5, 0.6) is 0 Å². The number of alkyl halides is 1. The summed E-state index contributed by atoms with van der Waals surface area (Å²) < 4.78 is 0. The molecule has 1 unspecified atom stereocenters. The van der Waals surface area contributed by atoms with Gasteiger partial charge >= 0.3 is 5.97 Å². The van der Waals surface area contributed by atoms with E-state index in [0.717, 1.165) is 24.8 Å². The van der Waals surface area contributed by atoms with E-state index in [1.54, 1.807) is 0 Å². The molecule has 0 heterocycles. The highest BCUT2D eigenvalue weighted by Crippen LogP contribution is 2.30. The molecule has 3 heteroatoms. The first kappa shape index (κ1) is 7.79. The first-order valence-electron chi connectivity index (χ1n) is 3.27. The largest absolute Gasteiger partial charge is 0.478 e. The maximum atomic E-state index is 10.2. The van der Waals surface area contributed by atoms with Gasteiger partial charge in [0.2, 0.25) is 0 Å². The minimum Gasteiger partial charge on any atom is -0.478 e. The van der Waals surface area contributed by atoms with Crippen LogP contribution < -0.4 is 0 Å². The lowest BCUT2D eigenvalue weighted by molar-refractivity contribution is -0.131. The van der Waals surface area contributed by atoms with Crippen LogP contribution in [-0.4, -0.2) is 15.9 Å². The summed E-state index contributed by atoms with van der Waals surface area (Å²) in [7, 11) is 0. The zero-order valence-electron chi connectivity index (χ0n) is 5.51. The maximum Gasteiger partial charge on any atom is 0.328 e. The summed E-state index contributed by atoms with van der Waals surface area (Å²) in [4.78, 5) is 10.5. The van der Waals surface area contributed by atoms with Crippen molar-refractivity contribution in [1.29, 1.82) is 0 Å². The van der Waals surface area contributed by atoms with Gasteiger partial charge in [0.05, 0.1) is 0 Å². The van der Waals surface area contributed by atoms with Gasteiger partial charge in [-0.1, -0.05) is 15.9 Å². The molecule has 0 amide bonds. The van der Waals surface area contributed by atoms with Crippen molar-refractivity contribution in [1.82, 2.24) is 0 Å². The summed E-state index contributed by atoms with van der Waals surface area (Å²) in [6.07, 6.45) is 4.42. The first-order chi connectivity index (χ1) is 4.70. The van der Waals surface area contributed by atoms with E-state index >= 15 is 0 Å². The third-order valence-electron chi connectivity index (χ3n) is 1.63. The van der Waals surface area contributed by atoms with Crippen LogP contribution in [0.25, 0.3) is 0 Å². The number of hydrogen-bond donors (Lipinski definition) is 1. The molecule has 1 rings (SSSR count). The van der Waals surface area contributed by atoms with Crippen molar-refractivity contribution < 1.29 is 9.90 Å². The van der Waals surface area contributed by atoms with E-state index < -0.39 is 5.97 Å². The number of rotatable bonds is 1. The van der Waals surface area contributed by atoms with Gasteiger partial charge in [0.15, 0.2) is 0 Å². The Labute approximate surface area is 68.1 Å². The van der Waals surface area contributed by atoms with Crippen LogP contribution in [0, 0.1) is 0 Å². The van der Waals surface area contributed by atoms with Gasteiger partial charge in [-0.3, -0.25) is 0 Å². The number of carboxylic acids is 1. The molecule has 0 aromatic heterocycles. The predicted molar refractivity (Wildman–Crippen MR) is 42.3 cm³/mol. The Kier molecular flexibility index (Phi) is 2.49. The Balaban J connectivity index is 2.62. The monoisotopic (exact) mass is 204 g/mol. The maximum absolute atomic E-state index is 10.2. The molecule has 1 aliphatic rings. The van der Waals surface area contributed by atoms with Crippen molar-refractivity contribution in [2.75, 3.05) is 0 Å². The van der Waals surface area contributed by atoms with Gasteiger partial charge in [-0.2, -0.15) is 0 Å². The Morgan fingerprint density at radius 1 is 1.80 bits per heavy atom.